The summed E-state index contributed by atoms with van der Waals surface area (Å²) in [6.07, 6.45) is 1.08. The van der Waals surface area contributed by atoms with Crippen molar-refractivity contribution in [2.75, 3.05) is 12.4 Å². The summed E-state index contributed by atoms with van der Waals surface area (Å²) in [7, 11) is -2.24. The lowest BCUT2D eigenvalue weighted by Gasteiger charge is -2.06. The van der Waals surface area contributed by atoms with Gasteiger partial charge in [0.05, 0.1) is 10.5 Å². The summed E-state index contributed by atoms with van der Waals surface area (Å²) in [6.45, 7) is 0. The van der Waals surface area contributed by atoms with Crippen molar-refractivity contribution in [3.8, 4) is 0 Å². The molecule has 0 bridgehead atoms. The summed E-state index contributed by atoms with van der Waals surface area (Å²) in [5, 5.41) is 11.3. The maximum atomic E-state index is 12.0. The van der Waals surface area contributed by atoms with Gasteiger partial charge in [0.1, 0.15) is 5.69 Å². The topological polar surface area (TPSA) is 125 Å². The standard InChI is InChI=1S/C14H13N3O5S/c1-15-23(21,22)11-5-3-10(4-6-11)17-13(18)12-7-2-9(8-16-12)14(19)20/h2-8,15H,1H3,(H,17,18)(H,19,20). The number of nitrogens with zero attached hydrogens (tertiary/aromatic N) is 1. The molecular formula is C14H13N3O5S. The van der Waals surface area contributed by atoms with Gasteiger partial charge in [-0.15, -0.1) is 0 Å². The van der Waals surface area contributed by atoms with Crippen molar-refractivity contribution in [1.29, 1.82) is 0 Å². The number of amides is 1. The van der Waals surface area contributed by atoms with Crippen LogP contribution in [0.2, 0.25) is 0 Å². The van der Waals surface area contributed by atoms with E-state index in [4.69, 9.17) is 5.11 Å². The summed E-state index contributed by atoms with van der Waals surface area (Å²) >= 11 is 0. The second kappa shape index (κ2) is 6.55. The first-order valence-corrected chi connectivity index (χ1v) is 7.86. The number of carboxylic acids is 1. The highest BCUT2D eigenvalue weighted by Crippen LogP contribution is 2.14. The number of anilines is 1. The molecule has 0 spiro atoms. The molecule has 1 aromatic carbocycles. The number of benzene rings is 1. The molecular weight excluding hydrogens is 322 g/mol. The number of carbonyl (C=O) groups excluding carboxylic acids is 1. The van der Waals surface area contributed by atoms with Crippen LogP contribution < -0.4 is 10.0 Å². The molecule has 0 radical (unpaired) electrons. The predicted molar refractivity (Wildman–Crippen MR) is 81.8 cm³/mol. The molecule has 1 aromatic heterocycles. The number of nitrogens with one attached hydrogen (secondary N) is 2. The minimum atomic E-state index is -3.54. The van der Waals surface area contributed by atoms with E-state index < -0.39 is 21.9 Å². The Hall–Kier alpha value is -2.78. The maximum absolute atomic E-state index is 12.0. The normalized spacial score (nSPS) is 11.0. The van der Waals surface area contributed by atoms with Gasteiger partial charge in [-0.05, 0) is 43.4 Å². The van der Waals surface area contributed by atoms with E-state index in [1.54, 1.807) is 0 Å². The van der Waals surface area contributed by atoms with Crippen LogP contribution in [0.3, 0.4) is 0 Å². The lowest BCUT2D eigenvalue weighted by Crippen LogP contribution is -2.18. The Morgan fingerprint density at radius 1 is 1.09 bits per heavy atom. The minimum absolute atomic E-state index is 0.0248. The summed E-state index contributed by atoms with van der Waals surface area (Å²) in [5.74, 6) is -1.67. The van der Waals surface area contributed by atoms with E-state index in [2.05, 4.69) is 15.0 Å². The molecule has 0 atom stereocenters. The zero-order valence-electron chi connectivity index (χ0n) is 12.0. The lowest BCUT2D eigenvalue weighted by atomic mass is 10.2. The van der Waals surface area contributed by atoms with Crippen LogP contribution in [0, 0.1) is 0 Å². The molecule has 1 amide bonds. The van der Waals surface area contributed by atoms with Crippen LogP contribution >= 0.6 is 0 Å². The van der Waals surface area contributed by atoms with Crippen LogP contribution in [0.5, 0.6) is 0 Å². The Bertz CT molecular complexity index is 830. The second-order valence-corrected chi connectivity index (χ2v) is 6.31. The summed E-state index contributed by atoms with van der Waals surface area (Å²) in [5.41, 5.74) is 0.402. The number of pyridine rings is 1. The average molecular weight is 335 g/mol. The number of rotatable bonds is 5. The second-order valence-electron chi connectivity index (χ2n) is 4.42. The Kier molecular flexibility index (Phi) is 4.72. The molecule has 2 aromatic rings. The smallest absolute Gasteiger partial charge is 0.337 e. The van der Waals surface area contributed by atoms with Crippen molar-refractivity contribution in [3.63, 3.8) is 0 Å². The molecule has 0 unspecified atom stereocenters. The Balaban J connectivity index is 2.12. The SMILES string of the molecule is CNS(=O)(=O)c1ccc(NC(=O)c2ccc(C(=O)O)cn2)cc1. The highest BCUT2D eigenvalue weighted by molar-refractivity contribution is 7.89. The molecule has 0 aliphatic heterocycles. The molecule has 3 N–H and O–H groups in total. The van der Waals surface area contributed by atoms with E-state index in [1.807, 2.05) is 0 Å². The Morgan fingerprint density at radius 3 is 2.22 bits per heavy atom. The molecule has 8 nitrogen and oxygen atoms in total. The van der Waals surface area contributed by atoms with Crippen molar-refractivity contribution in [3.05, 3.63) is 53.9 Å². The van der Waals surface area contributed by atoms with Crippen LogP contribution in [-0.4, -0.2) is 37.4 Å². The van der Waals surface area contributed by atoms with Gasteiger partial charge in [-0.1, -0.05) is 0 Å². The van der Waals surface area contributed by atoms with Crippen LogP contribution in [0.4, 0.5) is 5.69 Å². The van der Waals surface area contributed by atoms with Crippen molar-refractivity contribution < 1.29 is 23.1 Å². The molecule has 9 heteroatoms. The number of sulfonamides is 1. The third-order valence-electron chi connectivity index (χ3n) is 2.93. The van der Waals surface area contributed by atoms with E-state index >= 15 is 0 Å². The van der Waals surface area contributed by atoms with E-state index in [9.17, 15) is 18.0 Å². The molecule has 23 heavy (non-hydrogen) atoms. The fourth-order valence-electron chi connectivity index (χ4n) is 1.69. The van der Waals surface area contributed by atoms with Gasteiger partial charge in [0.25, 0.3) is 5.91 Å². The van der Waals surface area contributed by atoms with Crippen molar-refractivity contribution >= 4 is 27.6 Å². The van der Waals surface area contributed by atoms with Gasteiger partial charge in [0, 0.05) is 11.9 Å². The van der Waals surface area contributed by atoms with Gasteiger partial charge in [0.15, 0.2) is 0 Å². The van der Waals surface area contributed by atoms with Gasteiger partial charge in [-0.25, -0.2) is 17.9 Å². The third-order valence-corrected chi connectivity index (χ3v) is 4.36. The van der Waals surface area contributed by atoms with Crippen molar-refractivity contribution in [2.45, 2.75) is 4.90 Å². The molecule has 0 saturated carbocycles. The van der Waals surface area contributed by atoms with Crippen LogP contribution in [0.25, 0.3) is 0 Å². The summed E-state index contributed by atoms with van der Waals surface area (Å²) in [4.78, 5) is 26.5. The molecule has 0 fully saturated rings. The van der Waals surface area contributed by atoms with Gasteiger partial charge < -0.3 is 10.4 Å². The first-order valence-electron chi connectivity index (χ1n) is 6.38. The van der Waals surface area contributed by atoms with Gasteiger partial charge >= 0.3 is 5.97 Å². The predicted octanol–water partition coefficient (Wildman–Crippen LogP) is 0.940. The monoisotopic (exact) mass is 335 g/mol. The van der Waals surface area contributed by atoms with Crippen LogP contribution in [-0.2, 0) is 10.0 Å². The number of hydrogen-bond acceptors (Lipinski definition) is 5. The van der Waals surface area contributed by atoms with Gasteiger partial charge in [-0.3, -0.25) is 9.78 Å². The molecule has 0 aliphatic rings. The van der Waals surface area contributed by atoms with Gasteiger partial charge in [0.2, 0.25) is 10.0 Å². The third kappa shape index (κ3) is 3.90. The summed E-state index contributed by atoms with van der Waals surface area (Å²) in [6, 6.07) is 8.14. The zero-order valence-corrected chi connectivity index (χ0v) is 12.8. The highest BCUT2D eigenvalue weighted by atomic mass is 32.2. The molecule has 0 aliphatic carbocycles. The largest absolute Gasteiger partial charge is 0.478 e. The molecule has 2 rings (SSSR count). The van der Waals surface area contributed by atoms with Crippen LogP contribution in [0.1, 0.15) is 20.8 Å². The molecule has 1 heterocycles. The lowest BCUT2D eigenvalue weighted by molar-refractivity contribution is 0.0695. The number of aromatic nitrogens is 1. The zero-order chi connectivity index (χ0) is 17.0. The first kappa shape index (κ1) is 16.6. The highest BCUT2D eigenvalue weighted by Gasteiger charge is 2.12. The Labute approximate surface area is 132 Å². The Morgan fingerprint density at radius 2 is 1.74 bits per heavy atom. The quantitative estimate of drug-likeness (QED) is 0.746. The van der Waals surface area contributed by atoms with E-state index in [1.165, 1.54) is 43.4 Å². The van der Waals surface area contributed by atoms with E-state index in [-0.39, 0.29) is 16.2 Å². The molecule has 120 valence electrons. The fraction of sp³-hybridized carbons (Fsp3) is 0.0714. The summed E-state index contributed by atoms with van der Waals surface area (Å²) < 4.78 is 25.4. The number of aromatic carboxylic acids is 1. The fourth-order valence-corrected chi connectivity index (χ4v) is 2.42. The molecule has 0 saturated heterocycles. The number of hydrogen-bond donors (Lipinski definition) is 3. The van der Waals surface area contributed by atoms with Crippen molar-refractivity contribution in [1.82, 2.24) is 9.71 Å². The number of carbonyl (C=O) groups is 2. The maximum Gasteiger partial charge on any atom is 0.337 e. The number of carboxylic acid groups (broad SMARTS) is 1. The average Bonchev–Trinajstić information content (AvgIpc) is 2.55. The van der Waals surface area contributed by atoms with E-state index in [0.717, 1.165) is 6.20 Å². The van der Waals surface area contributed by atoms with E-state index in [0.29, 0.717) is 5.69 Å². The van der Waals surface area contributed by atoms with Crippen LogP contribution in [0.15, 0.2) is 47.5 Å². The van der Waals surface area contributed by atoms with Gasteiger partial charge in [-0.2, -0.15) is 0 Å². The minimum Gasteiger partial charge on any atom is -0.478 e. The van der Waals surface area contributed by atoms with Crippen molar-refractivity contribution in [2.24, 2.45) is 0 Å². The first-order chi connectivity index (χ1) is 10.8.